The maximum absolute atomic E-state index is 5.11. The van der Waals surface area contributed by atoms with Crippen molar-refractivity contribution in [3.63, 3.8) is 0 Å². The van der Waals surface area contributed by atoms with Crippen LogP contribution in [0.15, 0.2) is 212 Å². The second-order valence-corrected chi connectivity index (χ2v) is 16.6. The first kappa shape index (κ1) is 35.2. The Morgan fingerprint density at radius 1 is 0.246 bits per heavy atom. The van der Waals surface area contributed by atoms with Gasteiger partial charge in [-0.25, -0.2) is 15.0 Å². The number of aromatic nitrogens is 3. The highest BCUT2D eigenvalue weighted by Crippen LogP contribution is 2.42. The zero-order valence-corrected chi connectivity index (χ0v) is 33.8. The van der Waals surface area contributed by atoms with Crippen molar-refractivity contribution < 1.29 is 0 Å². The van der Waals surface area contributed by atoms with Crippen molar-refractivity contribution in [3.8, 4) is 67.5 Å². The molecule has 12 rings (SSSR count). The summed E-state index contributed by atoms with van der Waals surface area (Å²) < 4.78 is 2.43. The van der Waals surface area contributed by atoms with E-state index in [4.69, 9.17) is 15.0 Å². The van der Waals surface area contributed by atoms with Crippen LogP contribution in [-0.2, 0) is 0 Å². The number of rotatable bonds is 6. The van der Waals surface area contributed by atoms with Crippen LogP contribution in [-0.4, -0.2) is 15.0 Å². The van der Waals surface area contributed by atoms with Gasteiger partial charge in [0.2, 0.25) is 0 Å². The first-order valence-corrected chi connectivity index (χ1v) is 21.4. The zero-order valence-electron chi connectivity index (χ0n) is 33.0. The molecular formula is C57H35N3S. The maximum atomic E-state index is 5.11. The molecule has 0 unspecified atom stereocenters. The van der Waals surface area contributed by atoms with Crippen LogP contribution in [0.3, 0.4) is 0 Å². The molecule has 0 fully saturated rings. The normalized spacial score (nSPS) is 11.6. The van der Waals surface area contributed by atoms with E-state index in [1.54, 1.807) is 11.3 Å². The van der Waals surface area contributed by atoms with Gasteiger partial charge in [-0.15, -0.1) is 11.3 Å². The van der Waals surface area contributed by atoms with Gasteiger partial charge in [-0.05, 0) is 102 Å². The fraction of sp³-hybridized carbons (Fsp3) is 0. The second kappa shape index (κ2) is 14.5. The first-order valence-electron chi connectivity index (χ1n) is 20.6. The molecule has 284 valence electrons. The molecule has 0 saturated carbocycles. The third-order valence-electron chi connectivity index (χ3n) is 11.9. The quantitative estimate of drug-likeness (QED) is 0.157. The van der Waals surface area contributed by atoms with E-state index in [-0.39, 0.29) is 0 Å². The summed E-state index contributed by atoms with van der Waals surface area (Å²) in [4.78, 5) is 15.2. The van der Waals surface area contributed by atoms with Crippen molar-refractivity contribution in [1.82, 2.24) is 15.0 Å². The third-order valence-corrected chi connectivity index (χ3v) is 13.0. The van der Waals surface area contributed by atoms with Gasteiger partial charge in [0.05, 0.1) is 0 Å². The van der Waals surface area contributed by atoms with E-state index < -0.39 is 0 Å². The number of nitrogens with zero attached hydrogens (tertiary/aromatic N) is 3. The van der Waals surface area contributed by atoms with Crippen LogP contribution in [0.1, 0.15) is 0 Å². The maximum Gasteiger partial charge on any atom is 0.164 e. The standard InChI is InChI=1S/C57H35N3S/c1-3-14-36(15-4-1)55-58-56(37-16-5-2-6-17-37)60-57(59-55)49-26-13-27-53-54(49)51-35-43(29-31-52(51)61-53)41-21-12-19-39(33-41)38-18-11-20-40(32-38)42-28-30-48-46-24-8-7-22-44(46)45-23-9-10-25-47(45)50(48)34-42/h1-35H. The molecule has 0 aliphatic heterocycles. The molecule has 0 aliphatic rings. The van der Waals surface area contributed by atoms with Crippen LogP contribution < -0.4 is 0 Å². The Morgan fingerprint density at radius 2 is 0.656 bits per heavy atom. The Balaban J connectivity index is 0.943. The minimum Gasteiger partial charge on any atom is -0.208 e. The Bertz CT molecular complexity index is 3560. The van der Waals surface area contributed by atoms with Crippen molar-refractivity contribution in [2.45, 2.75) is 0 Å². The fourth-order valence-corrected chi connectivity index (χ4v) is 10.1. The molecule has 2 heterocycles. The van der Waals surface area contributed by atoms with Crippen LogP contribution >= 0.6 is 11.3 Å². The molecule has 2 aromatic heterocycles. The van der Waals surface area contributed by atoms with E-state index >= 15 is 0 Å². The first-order chi connectivity index (χ1) is 30.2. The van der Waals surface area contributed by atoms with Crippen LogP contribution in [0.2, 0.25) is 0 Å². The van der Waals surface area contributed by atoms with Crippen LogP contribution in [0.4, 0.5) is 0 Å². The van der Waals surface area contributed by atoms with Crippen molar-refractivity contribution in [2.75, 3.05) is 0 Å². The van der Waals surface area contributed by atoms with Gasteiger partial charge in [0, 0.05) is 36.9 Å². The Hall–Kier alpha value is -7.79. The summed E-state index contributed by atoms with van der Waals surface area (Å²) in [7, 11) is 0. The predicted octanol–water partition coefficient (Wildman–Crippen LogP) is 15.7. The monoisotopic (exact) mass is 793 g/mol. The molecule has 0 bridgehead atoms. The lowest BCUT2D eigenvalue weighted by Crippen LogP contribution is -2.00. The van der Waals surface area contributed by atoms with Crippen molar-refractivity contribution in [3.05, 3.63) is 212 Å². The van der Waals surface area contributed by atoms with Gasteiger partial charge in [-0.3, -0.25) is 0 Å². The zero-order chi connectivity index (χ0) is 40.3. The summed E-state index contributed by atoms with van der Waals surface area (Å²) in [5.41, 5.74) is 10.0. The highest BCUT2D eigenvalue weighted by molar-refractivity contribution is 7.26. The smallest absolute Gasteiger partial charge is 0.164 e. The van der Waals surface area contributed by atoms with E-state index in [2.05, 4.69) is 176 Å². The van der Waals surface area contributed by atoms with E-state index in [1.165, 1.54) is 80.5 Å². The van der Waals surface area contributed by atoms with Crippen LogP contribution in [0.5, 0.6) is 0 Å². The average molecular weight is 794 g/mol. The Labute approximate surface area is 356 Å². The number of thiophene rings is 1. The van der Waals surface area contributed by atoms with Gasteiger partial charge in [0.1, 0.15) is 0 Å². The van der Waals surface area contributed by atoms with E-state index in [0.29, 0.717) is 17.5 Å². The second-order valence-electron chi connectivity index (χ2n) is 15.5. The van der Waals surface area contributed by atoms with Gasteiger partial charge < -0.3 is 0 Å². The average Bonchev–Trinajstić information content (AvgIpc) is 3.73. The van der Waals surface area contributed by atoms with E-state index in [1.807, 2.05) is 36.4 Å². The molecule has 12 aromatic rings. The molecule has 0 saturated heterocycles. The van der Waals surface area contributed by atoms with Crippen molar-refractivity contribution in [2.24, 2.45) is 0 Å². The van der Waals surface area contributed by atoms with Gasteiger partial charge in [-0.2, -0.15) is 0 Å². The minimum atomic E-state index is 0.658. The lowest BCUT2D eigenvalue weighted by molar-refractivity contribution is 1.08. The summed E-state index contributed by atoms with van der Waals surface area (Å²) in [5.74, 6) is 1.98. The molecule has 0 aliphatic carbocycles. The minimum absolute atomic E-state index is 0.658. The van der Waals surface area contributed by atoms with E-state index in [0.717, 1.165) is 22.1 Å². The SMILES string of the molecule is c1ccc(-c2nc(-c3ccccc3)nc(-c3cccc4sc5ccc(-c6cccc(-c7cccc(-c8ccc9c%10ccccc%10c%10ccccc%10c9c8)c7)c6)cc5c34)n2)cc1. The summed E-state index contributed by atoms with van der Waals surface area (Å²) >= 11 is 1.81. The van der Waals surface area contributed by atoms with Crippen molar-refractivity contribution >= 4 is 63.8 Å². The largest absolute Gasteiger partial charge is 0.208 e. The number of benzene rings is 10. The Kier molecular flexibility index (Phi) is 8.36. The summed E-state index contributed by atoms with van der Waals surface area (Å²) in [6, 6.07) is 76.0. The Morgan fingerprint density at radius 3 is 1.21 bits per heavy atom. The van der Waals surface area contributed by atoms with Crippen LogP contribution in [0, 0.1) is 0 Å². The molecule has 61 heavy (non-hydrogen) atoms. The van der Waals surface area contributed by atoms with Gasteiger partial charge >= 0.3 is 0 Å². The van der Waals surface area contributed by atoms with Crippen LogP contribution in [0.25, 0.3) is 120 Å². The summed E-state index contributed by atoms with van der Waals surface area (Å²) in [6.45, 7) is 0. The molecule has 0 radical (unpaired) electrons. The lowest BCUT2D eigenvalue weighted by Gasteiger charge is -2.13. The molecule has 0 spiro atoms. The fourth-order valence-electron chi connectivity index (χ4n) is 8.97. The molecule has 0 amide bonds. The molecule has 4 heteroatoms. The number of fused-ring (bicyclic) bond motifs is 9. The highest BCUT2D eigenvalue weighted by atomic mass is 32.1. The lowest BCUT2D eigenvalue weighted by atomic mass is 9.91. The topological polar surface area (TPSA) is 38.7 Å². The molecule has 0 N–H and O–H groups in total. The molecule has 10 aromatic carbocycles. The third kappa shape index (κ3) is 6.16. The number of hydrogen-bond acceptors (Lipinski definition) is 4. The van der Waals surface area contributed by atoms with Gasteiger partial charge in [0.15, 0.2) is 17.5 Å². The van der Waals surface area contributed by atoms with Crippen molar-refractivity contribution in [1.29, 1.82) is 0 Å². The molecule has 0 atom stereocenters. The highest BCUT2D eigenvalue weighted by Gasteiger charge is 2.18. The predicted molar refractivity (Wildman–Crippen MR) is 258 cm³/mol. The summed E-state index contributed by atoms with van der Waals surface area (Å²) in [6.07, 6.45) is 0. The number of hydrogen-bond donors (Lipinski definition) is 0. The van der Waals surface area contributed by atoms with Gasteiger partial charge in [-0.1, -0.05) is 176 Å². The molecule has 3 nitrogen and oxygen atoms in total. The van der Waals surface area contributed by atoms with Gasteiger partial charge in [0.25, 0.3) is 0 Å². The summed E-state index contributed by atoms with van der Waals surface area (Å²) in [5, 5.41) is 10.1. The van der Waals surface area contributed by atoms with E-state index in [9.17, 15) is 0 Å². The molecular weight excluding hydrogens is 759 g/mol.